The number of hydrogen-bond donors (Lipinski definition) is 2. The fraction of sp³-hybridized carbons (Fsp3) is 0.769. The van der Waals surface area contributed by atoms with Gasteiger partial charge in [-0.25, -0.2) is 4.79 Å². The molecule has 0 spiro atoms. The predicted molar refractivity (Wildman–Crippen MR) is 70.6 cm³/mol. The van der Waals surface area contributed by atoms with Crippen molar-refractivity contribution in [2.45, 2.75) is 52.9 Å². The number of unbranched alkanes of at least 4 members (excludes halogenated alkanes) is 2. The van der Waals surface area contributed by atoms with Crippen molar-refractivity contribution < 1.29 is 15.0 Å². The van der Waals surface area contributed by atoms with Crippen molar-refractivity contribution >= 4 is 17.8 Å². The second kappa shape index (κ2) is 7.59. The number of carbonyl (C=O) groups is 1. The lowest BCUT2D eigenvalue weighted by Gasteiger charge is -2.00. The van der Waals surface area contributed by atoms with E-state index in [0.29, 0.717) is 5.41 Å². The lowest BCUT2D eigenvalue weighted by Crippen LogP contribution is -1.87. The van der Waals surface area contributed by atoms with Crippen LogP contribution < -0.4 is 0 Å². The molecule has 0 saturated heterocycles. The third kappa shape index (κ3) is 9.04. The Balaban J connectivity index is 0.000000557. The highest BCUT2D eigenvalue weighted by Crippen LogP contribution is 2.53. The summed E-state index contributed by atoms with van der Waals surface area (Å²) < 4.78 is 0. The van der Waals surface area contributed by atoms with E-state index in [1.165, 1.54) is 25.7 Å². The van der Waals surface area contributed by atoms with Gasteiger partial charge in [-0.05, 0) is 30.6 Å². The minimum atomic E-state index is -1.83. The van der Waals surface area contributed by atoms with Gasteiger partial charge in [-0.3, -0.25) is 0 Å². The summed E-state index contributed by atoms with van der Waals surface area (Å²) in [6, 6.07) is 0. The maximum Gasteiger partial charge on any atom is 0.503 e. The van der Waals surface area contributed by atoms with Gasteiger partial charge < -0.3 is 10.2 Å². The zero-order chi connectivity index (χ0) is 13.5. The normalized spacial score (nSPS) is 21.4. The predicted octanol–water partition coefficient (Wildman–Crippen LogP) is 4.96. The van der Waals surface area contributed by atoms with Gasteiger partial charge in [0.1, 0.15) is 0 Å². The van der Waals surface area contributed by atoms with Crippen LogP contribution in [0.2, 0.25) is 0 Å². The van der Waals surface area contributed by atoms with Gasteiger partial charge in [0, 0.05) is 5.03 Å². The standard InChI is InChI=1S/C12H21Cl.CH2O3/c1-4-5-6-7-11(13)8-10-9-12(10,2)3;2-1(3)4/h8,10H,4-7,9H2,1-3H3;(H2,2,3,4). The SMILES string of the molecule is CCCCCC(Cl)=CC1CC1(C)C.O=C(O)O. The molecule has 1 saturated carbocycles. The van der Waals surface area contributed by atoms with Crippen LogP contribution in [0.5, 0.6) is 0 Å². The molecule has 0 heterocycles. The summed E-state index contributed by atoms with van der Waals surface area (Å²) in [6.45, 7) is 6.84. The van der Waals surface area contributed by atoms with E-state index in [0.717, 1.165) is 17.4 Å². The van der Waals surface area contributed by atoms with Crippen LogP contribution in [-0.4, -0.2) is 16.4 Å². The first kappa shape index (κ1) is 16.3. The van der Waals surface area contributed by atoms with Gasteiger partial charge in [-0.15, -0.1) is 0 Å². The average molecular weight is 263 g/mol. The summed E-state index contributed by atoms with van der Waals surface area (Å²) in [7, 11) is 0. The summed E-state index contributed by atoms with van der Waals surface area (Å²) in [4.78, 5) is 8.56. The Kier molecular flexibility index (Phi) is 7.28. The molecule has 0 aromatic heterocycles. The average Bonchev–Trinajstić information content (AvgIpc) is 2.72. The molecule has 0 radical (unpaired) electrons. The van der Waals surface area contributed by atoms with Crippen LogP contribution in [0, 0.1) is 11.3 Å². The molecule has 0 aromatic carbocycles. The Morgan fingerprint density at radius 3 is 2.24 bits per heavy atom. The first-order valence-corrected chi connectivity index (χ1v) is 6.45. The third-order valence-corrected chi connectivity index (χ3v) is 3.31. The maximum atomic E-state index is 8.56. The summed E-state index contributed by atoms with van der Waals surface area (Å²) in [5.41, 5.74) is 0.533. The van der Waals surface area contributed by atoms with E-state index in [1.54, 1.807) is 0 Å². The molecule has 1 atom stereocenters. The molecule has 3 nitrogen and oxygen atoms in total. The Bertz CT molecular complexity index is 268. The zero-order valence-electron chi connectivity index (χ0n) is 10.9. The number of rotatable bonds is 5. The first-order valence-electron chi connectivity index (χ1n) is 6.07. The molecule has 1 fully saturated rings. The number of allylic oxidation sites excluding steroid dienone is 2. The summed E-state index contributed by atoms with van der Waals surface area (Å²) >= 11 is 6.14. The van der Waals surface area contributed by atoms with Crippen molar-refractivity contribution in [3.63, 3.8) is 0 Å². The summed E-state index contributed by atoms with van der Waals surface area (Å²) in [5, 5.41) is 15.0. The van der Waals surface area contributed by atoms with Crippen LogP contribution in [0.25, 0.3) is 0 Å². The van der Waals surface area contributed by atoms with Gasteiger partial charge in [-0.2, -0.15) is 0 Å². The molecule has 0 aliphatic heterocycles. The maximum absolute atomic E-state index is 8.56. The molecule has 17 heavy (non-hydrogen) atoms. The number of halogens is 1. The van der Waals surface area contributed by atoms with E-state index in [2.05, 4.69) is 26.8 Å². The highest BCUT2D eigenvalue weighted by molar-refractivity contribution is 6.29. The van der Waals surface area contributed by atoms with E-state index in [1.807, 2.05) is 0 Å². The molecular weight excluding hydrogens is 240 g/mol. The fourth-order valence-electron chi connectivity index (χ4n) is 1.64. The highest BCUT2D eigenvalue weighted by Gasteiger charge is 2.43. The Morgan fingerprint density at radius 1 is 1.41 bits per heavy atom. The molecule has 4 heteroatoms. The van der Waals surface area contributed by atoms with Crippen LogP contribution >= 0.6 is 11.6 Å². The number of hydrogen-bond acceptors (Lipinski definition) is 1. The van der Waals surface area contributed by atoms with Gasteiger partial charge in [0.15, 0.2) is 0 Å². The lowest BCUT2D eigenvalue weighted by molar-refractivity contribution is 0.137. The van der Waals surface area contributed by atoms with Crippen molar-refractivity contribution in [2.24, 2.45) is 11.3 Å². The molecule has 0 aromatic rings. The Labute approximate surface area is 108 Å². The Hall–Kier alpha value is -0.700. The lowest BCUT2D eigenvalue weighted by atomic mass is 10.1. The summed E-state index contributed by atoms with van der Waals surface area (Å²) in [6.07, 6.45) is 6.67. The van der Waals surface area contributed by atoms with Crippen LogP contribution in [0.1, 0.15) is 52.9 Å². The minimum absolute atomic E-state index is 0.533. The molecular formula is C13H23ClO3. The van der Waals surface area contributed by atoms with Crippen molar-refractivity contribution in [1.82, 2.24) is 0 Å². The van der Waals surface area contributed by atoms with Gasteiger partial charge in [0.2, 0.25) is 0 Å². The topological polar surface area (TPSA) is 57.5 Å². The molecule has 1 aliphatic rings. The fourth-order valence-corrected chi connectivity index (χ4v) is 1.92. The van der Waals surface area contributed by atoms with Gasteiger partial charge in [0.25, 0.3) is 0 Å². The zero-order valence-corrected chi connectivity index (χ0v) is 11.6. The Morgan fingerprint density at radius 2 is 1.88 bits per heavy atom. The second-order valence-corrected chi connectivity index (χ2v) is 5.64. The molecule has 100 valence electrons. The number of carboxylic acid groups (broad SMARTS) is 2. The molecule has 0 bridgehead atoms. The third-order valence-electron chi connectivity index (χ3n) is 2.99. The van der Waals surface area contributed by atoms with E-state index in [-0.39, 0.29) is 0 Å². The smallest absolute Gasteiger partial charge is 0.450 e. The minimum Gasteiger partial charge on any atom is -0.450 e. The van der Waals surface area contributed by atoms with Crippen LogP contribution in [0.4, 0.5) is 4.79 Å². The first-order chi connectivity index (χ1) is 7.79. The monoisotopic (exact) mass is 262 g/mol. The van der Waals surface area contributed by atoms with Crippen molar-refractivity contribution in [2.75, 3.05) is 0 Å². The molecule has 1 rings (SSSR count). The van der Waals surface area contributed by atoms with Crippen molar-refractivity contribution in [3.05, 3.63) is 11.1 Å². The van der Waals surface area contributed by atoms with E-state index >= 15 is 0 Å². The van der Waals surface area contributed by atoms with Crippen molar-refractivity contribution in [3.8, 4) is 0 Å². The highest BCUT2D eigenvalue weighted by atomic mass is 35.5. The largest absolute Gasteiger partial charge is 0.503 e. The van der Waals surface area contributed by atoms with E-state index in [4.69, 9.17) is 26.6 Å². The van der Waals surface area contributed by atoms with E-state index < -0.39 is 6.16 Å². The molecule has 2 N–H and O–H groups in total. The van der Waals surface area contributed by atoms with Gasteiger partial charge >= 0.3 is 6.16 Å². The second-order valence-electron chi connectivity index (χ2n) is 5.15. The van der Waals surface area contributed by atoms with Crippen LogP contribution in [-0.2, 0) is 0 Å². The van der Waals surface area contributed by atoms with Gasteiger partial charge in [0.05, 0.1) is 0 Å². The summed E-state index contributed by atoms with van der Waals surface area (Å²) in [5.74, 6) is 0.752. The molecule has 0 amide bonds. The van der Waals surface area contributed by atoms with Crippen LogP contribution in [0.15, 0.2) is 11.1 Å². The van der Waals surface area contributed by atoms with E-state index in [9.17, 15) is 0 Å². The van der Waals surface area contributed by atoms with Crippen LogP contribution in [0.3, 0.4) is 0 Å². The molecule has 1 aliphatic carbocycles. The molecule has 1 unspecified atom stereocenters. The van der Waals surface area contributed by atoms with Gasteiger partial charge in [-0.1, -0.05) is 51.3 Å². The van der Waals surface area contributed by atoms with Crippen molar-refractivity contribution in [1.29, 1.82) is 0 Å². The quantitative estimate of drug-likeness (QED) is 0.689.